The second-order valence-electron chi connectivity index (χ2n) is 5.37. The number of anilines is 2. The lowest BCUT2D eigenvalue weighted by Crippen LogP contribution is -2.24. The van der Waals surface area contributed by atoms with Crippen molar-refractivity contribution in [3.63, 3.8) is 0 Å². The second-order valence-corrected chi connectivity index (χ2v) is 5.37. The van der Waals surface area contributed by atoms with E-state index in [1.165, 1.54) is 12.1 Å². The molecule has 1 heterocycles. The summed E-state index contributed by atoms with van der Waals surface area (Å²) < 4.78 is 0. The molecule has 0 unspecified atom stereocenters. The van der Waals surface area contributed by atoms with Crippen LogP contribution >= 0.6 is 0 Å². The number of rotatable bonds is 8. The van der Waals surface area contributed by atoms with Gasteiger partial charge in [0.05, 0.1) is 17.1 Å². The summed E-state index contributed by atoms with van der Waals surface area (Å²) in [7, 11) is 0. The molecule has 0 fully saturated rings. The summed E-state index contributed by atoms with van der Waals surface area (Å²) in [6, 6.07) is 2.82. The van der Waals surface area contributed by atoms with Crippen molar-refractivity contribution < 1.29 is 10.0 Å². The lowest BCUT2D eigenvalue weighted by Gasteiger charge is -2.24. The average molecular weight is 282 g/mol. The first kappa shape index (κ1) is 16.2. The van der Waals surface area contributed by atoms with Gasteiger partial charge in [-0.25, -0.2) is 4.98 Å². The van der Waals surface area contributed by atoms with E-state index in [4.69, 9.17) is 5.11 Å². The van der Waals surface area contributed by atoms with Gasteiger partial charge in [-0.3, -0.25) is 10.1 Å². The van der Waals surface area contributed by atoms with E-state index in [9.17, 15) is 10.1 Å². The molecule has 7 nitrogen and oxygen atoms in total. The van der Waals surface area contributed by atoms with Crippen molar-refractivity contribution in [3.8, 4) is 0 Å². The third kappa shape index (κ3) is 5.00. The highest BCUT2D eigenvalue weighted by Gasteiger charge is 2.18. The first-order chi connectivity index (χ1) is 9.38. The summed E-state index contributed by atoms with van der Waals surface area (Å²) >= 11 is 0. The van der Waals surface area contributed by atoms with Gasteiger partial charge in [0.15, 0.2) is 0 Å². The molecule has 112 valence electrons. The molecule has 0 atom stereocenters. The van der Waals surface area contributed by atoms with Crippen molar-refractivity contribution in [3.05, 3.63) is 22.2 Å². The van der Waals surface area contributed by atoms with Gasteiger partial charge in [-0.1, -0.05) is 13.8 Å². The van der Waals surface area contributed by atoms with Crippen LogP contribution in [0.3, 0.4) is 0 Å². The smallest absolute Gasteiger partial charge is 0.276 e. The minimum absolute atomic E-state index is 0.00147. The highest BCUT2D eigenvalue weighted by atomic mass is 16.6. The monoisotopic (exact) mass is 282 g/mol. The molecular formula is C13H22N4O3. The SMILES string of the molecule is CCNc1cc([N+](=O)[O-])cc(NCC(C)(C)CCO)n1. The molecule has 1 aromatic heterocycles. The van der Waals surface area contributed by atoms with E-state index in [0.717, 1.165) is 0 Å². The Kier molecular flexibility index (Phi) is 5.69. The van der Waals surface area contributed by atoms with Crippen LogP contribution in [-0.4, -0.2) is 34.7 Å². The zero-order valence-electron chi connectivity index (χ0n) is 12.1. The summed E-state index contributed by atoms with van der Waals surface area (Å²) in [6.07, 6.45) is 0.648. The Morgan fingerprint density at radius 1 is 1.35 bits per heavy atom. The lowest BCUT2D eigenvalue weighted by atomic mass is 9.90. The molecule has 20 heavy (non-hydrogen) atoms. The molecule has 1 aromatic rings. The van der Waals surface area contributed by atoms with Crippen LogP contribution < -0.4 is 10.6 Å². The highest BCUT2D eigenvalue weighted by molar-refractivity contribution is 5.54. The van der Waals surface area contributed by atoms with E-state index in [-0.39, 0.29) is 17.7 Å². The number of aromatic nitrogens is 1. The largest absolute Gasteiger partial charge is 0.396 e. The van der Waals surface area contributed by atoms with E-state index in [2.05, 4.69) is 15.6 Å². The van der Waals surface area contributed by atoms with Crippen LogP contribution in [0, 0.1) is 15.5 Å². The maximum atomic E-state index is 10.9. The molecule has 0 amide bonds. The van der Waals surface area contributed by atoms with Crippen LogP contribution in [0.5, 0.6) is 0 Å². The minimum atomic E-state index is -0.438. The first-order valence-electron chi connectivity index (χ1n) is 6.63. The van der Waals surface area contributed by atoms with Gasteiger partial charge in [0.1, 0.15) is 11.6 Å². The highest BCUT2D eigenvalue weighted by Crippen LogP contribution is 2.24. The number of hydrogen-bond donors (Lipinski definition) is 3. The van der Waals surface area contributed by atoms with Crippen LogP contribution in [0.1, 0.15) is 27.2 Å². The van der Waals surface area contributed by atoms with Gasteiger partial charge in [0, 0.05) is 19.7 Å². The number of aliphatic hydroxyl groups is 1. The second kappa shape index (κ2) is 7.04. The molecule has 0 radical (unpaired) electrons. The van der Waals surface area contributed by atoms with E-state index < -0.39 is 4.92 Å². The number of nitrogens with zero attached hydrogens (tertiary/aromatic N) is 2. The maximum Gasteiger partial charge on any atom is 0.276 e. The molecule has 0 saturated heterocycles. The summed E-state index contributed by atoms with van der Waals surface area (Å²) in [5.74, 6) is 0.935. The van der Waals surface area contributed by atoms with Crippen LogP contribution in [0.4, 0.5) is 17.3 Å². The molecule has 1 rings (SSSR count). The number of aliphatic hydroxyl groups excluding tert-OH is 1. The summed E-state index contributed by atoms with van der Waals surface area (Å²) in [4.78, 5) is 14.7. The third-order valence-electron chi connectivity index (χ3n) is 2.92. The summed E-state index contributed by atoms with van der Waals surface area (Å²) in [5, 5.41) is 26.0. The lowest BCUT2D eigenvalue weighted by molar-refractivity contribution is -0.384. The van der Waals surface area contributed by atoms with E-state index in [1.54, 1.807) is 0 Å². The van der Waals surface area contributed by atoms with Crippen molar-refractivity contribution in [2.45, 2.75) is 27.2 Å². The molecule has 0 bridgehead atoms. The predicted octanol–water partition coefficient (Wildman–Crippen LogP) is 2.24. The fourth-order valence-electron chi connectivity index (χ4n) is 1.70. The van der Waals surface area contributed by atoms with Crippen LogP contribution in [0.25, 0.3) is 0 Å². The molecule has 0 aliphatic heterocycles. The van der Waals surface area contributed by atoms with Crippen molar-refractivity contribution in [1.82, 2.24) is 4.98 Å². The van der Waals surface area contributed by atoms with Gasteiger partial charge in [0.2, 0.25) is 0 Å². The summed E-state index contributed by atoms with van der Waals surface area (Å²) in [5.41, 5.74) is -0.113. The molecule has 3 N–H and O–H groups in total. The number of hydrogen-bond acceptors (Lipinski definition) is 6. The Morgan fingerprint density at radius 3 is 2.45 bits per heavy atom. The number of nitrogens with one attached hydrogen (secondary N) is 2. The molecule has 0 saturated carbocycles. The molecule has 0 aromatic carbocycles. The summed E-state index contributed by atoms with van der Waals surface area (Å²) in [6.45, 7) is 7.26. The molecule has 0 aliphatic rings. The first-order valence-corrected chi connectivity index (χ1v) is 6.63. The topological polar surface area (TPSA) is 100 Å². The Labute approximate surface area is 118 Å². The predicted molar refractivity (Wildman–Crippen MR) is 79.0 cm³/mol. The van der Waals surface area contributed by atoms with Crippen molar-refractivity contribution in [2.75, 3.05) is 30.3 Å². The minimum Gasteiger partial charge on any atom is -0.396 e. The van der Waals surface area contributed by atoms with Crippen LogP contribution in [-0.2, 0) is 0 Å². The van der Waals surface area contributed by atoms with Gasteiger partial charge in [-0.2, -0.15) is 0 Å². The van der Waals surface area contributed by atoms with Crippen LogP contribution in [0.2, 0.25) is 0 Å². The van der Waals surface area contributed by atoms with E-state index in [1.807, 2.05) is 20.8 Å². The quantitative estimate of drug-likeness (QED) is 0.499. The Hall–Kier alpha value is -1.89. The van der Waals surface area contributed by atoms with Gasteiger partial charge >= 0.3 is 0 Å². The van der Waals surface area contributed by atoms with Crippen molar-refractivity contribution in [1.29, 1.82) is 0 Å². The fourth-order valence-corrected chi connectivity index (χ4v) is 1.70. The zero-order valence-corrected chi connectivity index (χ0v) is 12.1. The average Bonchev–Trinajstić information content (AvgIpc) is 2.36. The Balaban J connectivity index is 2.85. The zero-order chi connectivity index (χ0) is 15.2. The molecule has 7 heteroatoms. The maximum absolute atomic E-state index is 10.9. The molecular weight excluding hydrogens is 260 g/mol. The molecule has 0 spiro atoms. The van der Waals surface area contributed by atoms with Crippen LogP contribution in [0.15, 0.2) is 12.1 Å². The van der Waals surface area contributed by atoms with Gasteiger partial charge in [-0.05, 0) is 18.8 Å². The van der Waals surface area contributed by atoms with Gasteiger partial charge in [0.25, 0.3) is 5.69 Å². The van der Waals surface area contributed by atoms with Gasteiger partial charge in [-0.15, -0.1) is 0 Å². The van der Waals surface area contributed by atoms with E-state index >= 15 is 0 Å². The molecule has 0 aliphatic carbocycles. The van der Waals surface area contributed by atoms with E-state index in [0.29, 0.717) is 31.1 Å². The fraction of sp³-hybridized carbons (Fsp3) is 0.615. The van der Waals surface area contributed by atoms with Crippen molar-refractivity contribution >= 4 is 17.3 Å². The number of nitro groups is 1. The van der Waals surface area contributed by atoms with Crippen molar-refractivity contribution in [2.24, 2.45) is 5.41 Å². The van der Waals surface area contributed by atoms with Gasteiger partial charge < -0.3 is 15.7 Å². The Morgan fingerprint density at radius 2 is 1.95 bits per heavy atom. The standard InChI is InChI=1S/C13H22N4O3/c1-4-14-11-7-10(17(19)20)8-12(16-11)15-9-13(2,3)5-6-18/h7-8,18H,4-6,9H2,1-3H3,(H2,14,15,16). The number of pyridine rings is 1. The Bertz CT molecular complexity index is 463. The third-order valence-corrected chi connectivity index (χ3v) is 2.92. The normalized spacial score (nSPS) is 11.2.